The zero-order valence-corrected chi connectivity index (χ0v) is 12.6. The van der Waals surface area contributed by atoms with Gasteiger partial charge in [-0.25, -0.2) is 4.79 Å². The number of carboxylic acids is 1. The number of benzene rings is 1. The molecule has 0 fully saturated rings. The van der Waals surface area contributed by atoms with Crippen molar-refractivity contribution in [3.05, 3.63) is 35.9 Å². The van der Waals surface area contributed by atoms with Crippen LogP contribution >= 0.6 is 0 Å². The third-order valence-corrected chi connectivity index (χ3v) is 2.04. The lowest BCUT2D eigenvalue weighted by atomic mass is 10.2. The van der Waals surface area contributed by atoms with Crippen LogP contribution in [0, 0.1) is 6.92 Å². The van der Waals surface area contributed by atoms with Crippen LogP contribution in [0.1, 0.15) is 33.3 Å². The highest BCUT2D eigenvalue weighted by molar-refractivity contribution is 5.79. The van der Waals surface area contributed by atoms with Crippen LogP contribution in [0.3, 0.4) is 0 Å². The summed E-state index contributed by atoms with van der Waals surface area (Å²) in [5.41, 5.74) is 0.713. The summed E-state index contributed by atoms with van der Waals surface area (Å²) in [6.07, 6.45) is -0.720. The predicted octanol–water partition coefficient (Wildman–Crippen LogP) is 2.98. The van der Waals surface area contributed by atoms with Gasteiger partial charge in [-0.15, -0.1) is 0 Å². The molecule has 1 unspecified atom stereocenters. The van der Waals surface area contributed by atoms with Crippen molar-refractivity contribution in [1.82, 2.24) is 5.32 Å². The summed E-state index contributed by atoms with van der Waals surface area (Å²) in [5.74, 6) is -1.09. The predicted molar refractivity (Wildman–Crippen MR) is 77.6 cm³/mol. The molecule has 112 valence electrons. The molecule has 0 aromatic heterocycles. The SMILES string of the molecule is CC(NC(=O)OC(C)(C)C)C(=O)O.Cc1ccccc1. The van der Waals surface area contributed by atoms with Crippen molar-refractivity contribution in [2.75, 3.05) is 0 Å². The maximum atomic E-state index is 11.0. The summed E-state index contributed by atoms with van der Waals surface area (Å²) in [7, 11) is 0. The van der Waals surface area contributed by atoms with Gasteiger partial charge in [0, 0.05) is 0 Å². The fourth-order valence-corrected chi connectivity index (χ4v) is 1.08. The Kier molecular flexibility index (Phi) is 7.36. The molecule has 0 saturated carbocycles. The minimum Gasteiger partial charge on any atom is -0.480 e. The van der Waals surface area contributed by atoms with E-state index in [-0.39, 0.29) is 0 Å². The molecule has 0 aliphatic carbocycles. The number of ether oxygens (including phenoxy) is 1. The van der Waals surface area contributed by atoms with Gasteiger partial charge in [-0.05, 0) is 34.6 Å². The molecule has 0 spiro atoms. The number of rotatable bonds is 2. The van der Waals surface area contributed by atoms with Crippen molar-refractivity contribution in [3.8, 4) is 0 Å². The Bertz CT molecular complexity index is 423. The maximum absolute atomic E-state index is 11.0. The Morgan fingerprint density at radius 3 is 2.00 bits per heavy atom. The molecule has 1 atom stereocenters. The third kappa shape index (κ3) is 9.94. The first-order chi connectivity index (χ1) is 9.11. The number of nitrogens with one attached hydrogen (secondary N) is 1. The van der Waals surface area contributed by atoms with E-state index in [1.807, 2.05) is 18.2 Å². The standard InChI is InChI=1S/C8H15NO4.C7H8/c1-5(6(10)11)9-7(12)13-8(2,3)4;1-7-5-3-2-4-6-7/h5H,1-4H3,(H,9,12)(H,10,11);2-6H,1H3. The van der Waals surface area contributed by atoms with Crippen LogP contribution in [0.25, 0.3) is 0 Å². The van der Waals surface area contributed by atoms with Crippen LogP contribution < -0.4 is 5.32 Å². The van der Waals surface area contributed by atoms with Crippen LogP contribution in [0.2, 0.25) is 0 Å². The minimum absolute atomic E-state index is 0.609. The van der Waals surface area contributed by atoms with Gasteiger partial charge >= 0.3 is 12.1 Å². The summed E-state index contributed by atoms with van der Waals surface area (Å²) >= 11 is 0. The molecule has 5 nitrogen and oxygen atoms in total. The third-order valence-electron chi connectivity index (χ3n) is 2.04. The van der Waals surface area contributed by atoms with Crippen molar-refractivity contribution < 1.29 is 19.4 Å². The summed E-state index contributed by atoms with van der Waals surface area (Å²) < 4.78 is 4.85. The molecule has 0 aliphatic heterocycles. The van der Waals surface area contributed by atoms with E-state index in [1.165, 1.54) is 12.5 Å². The van der Waals surface area contributed by atoms with E-state index in [4.69, 9.17) is 9.84 Å². The molecule has 1 amide bonds. The van der Waals surface area contributed by atoms with Crippen molar-refractivity contribution in [2.24, 2.45) is 0 Å². The van der Waals surface area contributed by atoms with Gasteiger partial charge in [-0.1, -0.05) is 35.9 Å². The Morgan fingerprint density at radius 1 is 1.20 bits per heavy atom. The molecule has 0 aliphatic rings. The normalized spacial score (nSPS) is 11.7. The van der Waals surface area contributed by atoms with Crippen LogP contribution in [0.5, 0.6) is 0 Å². The van der Waals surface area contributed by atoms with E-state index in [0.717, 1.165) is 0 Å². The second kappa shape index (κ2) is 8.19. The number of hydrogen-bond donors (Lipinski definition) is 2. The van der Waals surface area contributed by atoms with Gasteiger partial charge < -0.3 is 15.2 Å². The molecular formula is C15H23NO4. The number of aliphatic carboxylic acids is 1. The fourth-order valence-electron chi connectivity index (χ4n) is 1.08. The smallest absolute Gasteiger partial charge is 0.408 e. The molecule has 0 bridgehead atoms. The Morgan fingerprint density at radius 2 is 1.70 bits per heavy atom. The van der Waals surface area contributed by atoms with Crippen LogP contribution in [-0.4, -0.2) is 28.8 Å². The molecule has 2 N–H and O–H groups in total. The van der Waals surface area contributed by atoms with Crippen molar-refractivity contribution in [1.29, 1.82) is 0 Å². The number of amides is 1. The lowest BCUT2D eigenvalue weighted by Gasteiger charge is -2.20. The molecule has 1 rings (SSSR count). The summed E-state index contributed by atoms with van der Waals surface area (Å²) in [4.78, 5) is 21.3. The number of alkyl carbamates (subject to hydrolysis) is 1. The maximum Gasteiger partial charge on any atom is 0.408 e. The van der Waals surface area contributed by atoms with Gasteiger partial charge in [0.2, 0.25) is 0 Å². The van der Waals surface area contributed by atoms with Gasteiger partial charge in [-0.3, -0.25) is 4.79 Å². The fraction of sp³-hybridized carbons (Fsp3) is 0.467. The van der Waals surface area contributed by atoms with E-state index in [1.54, 1.807) is 20.8 Å². The molecule has 0 heterocycles. The number of carboxylic acid groups (broad SMARTS) is 1. The summed E-state index contributed by atoms with van der Waals surface area (Å²) in [6, 6.07) is 9.33. The lowest BCUT2D eigenvalue weighted by Crippen LogP contribution is -2.41. The average molecular weight is 281 g/mol. The molecule has 1 aromatic carbocycles. The molecule has 0 saturated heterocycles. The largest absolute Gasteiger partial charge is 0.480 e. The van der Waals surface area contributed by atoms with Gasteiger partial charge in [0.05, 0.1) is 0 Å². The second-order valence-electron chi connectivity index (χ2n) is 5.36. The average Bonchev–Trinajstić information content (AvgIpc) is 2.27. The summed E-state index contributed by atoms with van der Waals surface area (Å²) in [5, 5.41) is 10.6. The zero-order chi connectivity index (χ0) is 15.8. The van der Waals surface area contributed by atoms with Crippen molar-refractivity contribution in [2.45, 2.75) is 46.3 Å². The Balaban J connectivity index is 0.000000428. The highest BCUT2D eigenvalue weighted by atomic mass is 16.6. The quantitative estimate of drug-likeness (QED) is 0.873. The van der Waals surface area contributed by atoms with Gasteiger partial charge in [0.1, 0.15) is 11.6 Å². The number of carbonyl (C=O) groups is 2. The minimum atomic E-state index is -1.09. The van der Waals surface area contributed by atoms with Crippen LogP contribution in [0.15, 0.2) is 30.3 Å². The van der Waals surface area contributed by atoms with Gasteiger partial charge in [0.15, 0.2) is 0 Å². The number of hydrogen-bond acceptors (Lipinski definition) is 3. The molecule has 20 heavy (non-hydrogen) atoms. The van der Waals surface area contributed by atoms with Crippen LogP contribution in [-0.2, 0) is 9.53 Å². The monoisotopic (exact) mass is 281 g/mol. The van der Waals surface area contributed by atoms with Crippen molar-refractivity contribution in [3.63, 3.8) is 0 Å². The first kappa shape index (κ1) is 18.0. The Labute approximate surface area is 120 Å². The molecule has 5 heteroatoms. The van der Waals surface area contributed by atoms with E-state index in [0.29, 0.717) is 0 Å². The lowest BCUT2D eigenvalue weighted by molar-refractivity contribution is -0.139. The molecular weight excluding hydrogens is 258 g/mol. The molecule has 0 radical (unpaired) electrons. The first-order valence-electron chi connectivity index (χ1n) is 6.36. The highest BCUT2D eigenvalue weighted by Gasteiger charge is 2.20. The zero-order valence-electron chi connectivity index (χ0n) is 12.6. The highest BCUT2D eigenvalue weighted by Crippen LogP contribution is 2.06. The van der Waals surface area contributed by atoms with E-state index in [2.05, 4.69) is 24.4 Å². The first-order valence-corrected chi connectivity index (χ1v) is 6.36. The van der Waals surface area contributed by atoms with E-state index >= 15 is 0 Å². The van der Waals surface area contributed by atoms with Crippen molar-refractivity contribution >= 4 is 12.1 Å². The van der Waals surface area contributed by atoms with E-state index < -0.39 is 23.7 Å². The number of aryl methyl sites for hydroxylation is 1. The topological polar surface area (TPSA) is 75.6 Å². The van der Waals surface area contributed by atoms with E-state index in [9.17, 15) is 9.59 Å². The number of carbonyl (C=O) groups excluding carboxylic acids is 1. The summed E-state index contributed by atoms with van der Waals surface area (Å²) in [6.45, 7) is 8.57. The Hall–Kier alpha value is -2.04. The second-order valence-corrected chi connectivity index (χ2v) is 5.36. The van der Waals surface area contributed by atoms with Gasteiger partial charge in [0.25, 0.3) is 0 Å². The molecule has 1 aromatic rings. The van der Waals surface area contributed by atoms with Crippen LogP contribution in [0.4, 0.5) is 4.79 Å². The van der Waals surface area contributed by atoms with Gasteiger partial charge in [-0.2, -0.15) is 0 Å².